The second-order valence-electron chi connectivity index (χ2n) is 6.10. The maximum absolute atomic E-state index is 12.2. The molecule has 6 heteroatoms. The van der Waals surface area contributed by atoms with Crippen molar-refractivity contribution >= 4 is 12.0 Å². The number of amides is 2. The van der Waals surface area contributed by atoms with E-state index in [9.17, 15) is 9.59 Å². The lowest BCUT2D eigenvalue weighted by Crippen LogP contribution is -2.53. The number of hydrogen-bond acceptors (Lipinski definition) is 3. The van der Waals surface area contributed by atoms with E-state index in [1.807, 2.05) is 0 Å². The minimum atomic E-state index is -1.01. The summed E-state index contributed by atoms with van der Waals surface area (Å²) in [6, 6.07) is 0.0835. The molecule has 6 nitrogen and oxygen atoms in total. The van der Waals surface area contributed by atoms with E-state index in [2.05, 4.69) is 12.2 Å². The van der Waals surface area contributed by atoms with Crippen LogP contribution >= 0.6 is 0 Å². The van der Waals surface area contributed by atoms with Crippen LogP contribution in [0.5, 0.6) is 0 Å². The number of nitrogens with one attached hydrogen (secondary N) is 1. The van der Waals surface area contributed by atoms with Gasteiger partial charge in [0.25, 0.3) is 0 Å². The van der Waals surface area contributed by atoms with Gasteiger partial charge in [0.2, 0.25) is 0 Å². The number of rotatable bonds is 4. The molecular formula is C15H26N2O4. The van der Waals surface area contributed by atoms with Crippen LogP contribution < -0.4 is 5.32 Å². The van der Waals surface area contributed by atoms with Gasteiger partial charge >= 0.3 is 12.0 Å². The average Bonchev–Trinajstić information content (AvgIpc) is 2.49. The molecule has 2 fully saturated rings. The van der Waals surface area contributed by atoms with Crippen LogP contribution in [0.15, 0.2) is 0 Å². The highest BCUT2D eigenvalue weighted by Crippen LogP contribution is 2.27. The summed E-state index contributed by atoms with van der Waals surface area (Å²) >= 11 is 0. The molecule has 2 rings (SSSR count). The Bertz CT molecular complexity index is 367. The van der Waals surface area contributed by atoms with Crippen molar-refractivity contribution in [2.75, 3.05) is 19.7 Å². The number of carboxylic acids is 1. The van der Waals surface area contributed by atoms with Crippen LogP contribution in [0, 0.1) is 5.92 Å². The summed E-state index contributed by atoms with van der Waals surface area (Å²) in [6.45, 7) is 3.09. The highest BCUT2D eigenvalue weighted by atomic mass is 16.5. The van der Waals surface area contributed by atoms with Crippen LogP contribution in [0.2, 0.25) is 0 Å². The molecule has 2 amide bonds. The van der Waals surface area contributed by atoms with E-state index in [-0.39, 0.29) is 25.2 Å². The van der Waals surface area contributed by atoms with Crippen LogP contribution in [0.3, 0.4) is 0 Å². The normalized spacial score (nSPS) is 30.0. The summed E-state index contributed by atoms with van der Waals surface area (Å²) in [5.74, 6) is -0.199. The Labute approximate surface area is 125 Å². The lowest BCUT2D eigenvalue weighted by Gasteiger charge is -2.34. The molecule has 1 unspecified atom stereocenters. The number of morpholine rings is 1. The number of urea groups is 1. The Balaban J connectivity index is 1.75. The SMILES string of the molecule is CCCC1CCC(NC(=O)N2CCOC(C(=O)O)C2)CC1. The Morgan fingerprint density at radius 3 is 2.62 bits per heavy atom. The largest absolute Gasteiger partial charge is 0.479 e. The third kappa shape index (κ3) is 4.59. The van der Waals surface area contributed by atoms with Gasteiger partial charge in [-0.05, 0) is 31.6 Å². The van der Waals surface area contributed by atoms with Gasteiger partial charge in [0.1, 0.15) is 0 Å². The molecule has 0 radical (unpaired) electrons. The highest BCUT2D eigenvalue weighted by molar-refractivity contribution is 5.77. The first-order valence-corrected chi connectivity index (χ1v) is 8.00. The average molecular weight is 298 g/mol. The molecule has 1 heterocycles. The van der Waals surface area contributed by atoms with E-state index in [0.29, 0.717) is 6.54 Å². The third-order valence-electron chi connectivity index (χ3n) is 4.50. The second-order valence-corrected chi connectivity index (χ2v) is 6.10. The first-order chi connectivity index (χ1) is 10.1. The van der Waals surface area contributed by atoms with Gasteiger partial charge < -0.3 is 20.1 Å². The maximum atomic E-state index is 12.2. The van der Waals surface area contributed by atoms with E-state index in [1.165, 1.54) is 25.7 Å². The van der Waals surface area contributed by atoms with E-state index < -0.39 is 12.1 Å². The third-order valence-corrected chi connectivity index (χ3v) is 4.50. The maximum Gasteiger partial charge on any atom is 0.334 e. The van der Waals surface area contributed by atoms with Gasteiger partial charge in [0.05, 0.1) is 13.2 Å². The van der Waals surface area contributed by atoms with E-state index in [1.54, 1.807) is 4.90 Å². The first-order valence-electron chi connectivity index (χ1n) is 8.00. The smallest absolute Gasteiger partial charge is 0.334 e. The number of hydrogen-bond donors (Lipinski definition) is 2. The summed E-state index contributed by atoms with van der Waals surface area (Å²) < 4.78 is 5.13. The van der Waals surface area contributed by atoms with Crippen molar-refractivity contribution < 1.29 is 19.4 Å². The fourth-order valence-electron chi connectivity index (χ4n) is 3.25. The number of aliphatic carboxylic acids is 1. The van der Waals surface area contributed by atoms with Gasteiger partial charge in [0, 0.05) is 12.6 Å². The van der Waals surface area contributed by atoms with Crippen LogP contribution in [0.1, 0.15) is 45.4 Å². The van der Waals surface area contributed by atoms with Gasteiger partial charge in [-0.1, -0.05) is 19.8 Å². The molecule has 2 N–H and O–H groups in total. The molecule has 1 saturated heterocycles. The van der Waals surface area contributed by atoms with Crippen LogP contribution in [-0.4, -0.2) is 53.8 Å². The number of carbonyl (C=O) groups excluding carboxylic acids is 1. The summed E-state index contributed by atoms with van der Waals surface area (Å²) in [7, 11) is 0. The van der Waals surface area contributed by atoms with Gasteiger partial charge in [-0.15, -0.1) is 0 Å². The summed E-state index contributed by atoms with van der Waals surface area (Å²) in [5.41, 5.74) is 0. The quantitative estimate of drug-likeness (QED) is 0.830. The van der Waals surface area contributed by atoms with E-state index in [0.717, 1.165) is 18.8 Å². The molecule has 1 aliphatic heterocycles. The molecule has 1 saturated carbocycles. The standard InChI is InChI=1S/C15H26N2O4/c1-2-3-11-4-6-12(7-5-11)16-15(20)17-8-9-21-13(10-17)14(18)19/h11-13H,2-10H2,1H3,(H,16,20)(H,18,19). The molecule has 1 aliphatic carbocycles. The molecule has 0 spiro atoms. The molecule has 0 aromatic heterocycles. The zero-order chi connectivity index (χ0) is 15.2. The second kappa shape index (κ2) is 7.64. The Morgan fingerprint density at radius 2 is 2.00 bits per heavy atom. The topological polar surface area (TPSA) is 78.9 Å². The van der Waals surface area contributed by atoms with Crippen LogP contribution in [-0.2, 0) is 9.53 Å². The molecular weight excluding hydrogens is 272 g/mol. The fraction of sp³-hybridized carbons (Fsp3) is 0.867. The first kappa shape index (κ1) is 16.1. The number of carbonyl (C=O) groups is 2. The predicted molar refractivity (Wildman–Crippen MR) is 78.1 cm³/mol. The summed E-state index contributed by atoms with van der Waals surface area (Å²) in [4.78, 5) is 24.7. The lowest BCUT2D eigenvalue weighted by atomic mass is 9.83. The highest BCUT2D eigenvalue weighted by Gasteiger charge is 2.30. The van der Waals surface area contributed by atoms with Gasteiger partial charge in [0.15, 0.2) is 6.10 Å². The van der Waals surface area contributed by atoms with Crippen molar-refractivity contribution in [1.29, 1.82) is 0 Å². The Kier molecular flexibility index (Phi) is 5.85. The van der Waals surface area contributed by atoms with Gasteiger partial charge in [-0.25, -0.2) is 9.59 Å². The van der Waals surface area contributed by atoms with Crippen LogP contribution in [0.25, 0.3) is 0 Å². The monoisotopic (exact) mass is 298 g/mol. The molecule has 0 aromatic carbocycles. The van der Waals surface area contributed by atoms with Crippen molar-refractivity contribution in [3.05, 3.63) is 0 Å². The number of ether oxygens (including phenoxy) is 1. The molecule has 120 valence electrons. The zero-order valence-corrected chi connectivity index (χ0v) is 12.7. The number of nitrogens with zero attached hydrogens (tertiary/aromatic N) is 1. The van der Waals surface area contributed by atoms with Crippen molar-refractivity contribution in [2.45, 2.75) is 57.6 Å². The molecule has 21 heavy (non-hydrogen) atoms. The predicted octanol–water partition coefficient (Wildman–Crippen LogP) is 1.84. The molecule has 0 aromatic rings. The van der Waals surface area contributed by atoms with E-state index in [4.69, 9.17) is 9.84 Å². The van der Waals surface area contributed by atoms with Crippen molar-refractivity contribution in [3.8, 4) is 0 Å². The Morgan fingerprint density at radius 1 is 1.29 bits per heavy atom. The fourth-order valence-corrected chi connectivity index (χ4v) is 3.25. The molecule has 2 aliphatic rings. The van der Waals surface area contributed by atoms with Gasteiger partial charge in [-0.3, -0.25) is 0 Å². The minimum absolute atomic E-state index is 0.131. The van der Waals surface area contributed by atoms with Crippen molar-refractivity contribution in [1.82, 2.24) is 10.2 Å². The lowest BCUT2D eigenvalue weighted by molar-refractivity contribution is -0.154. The van der Waals surface area contributed by atoms with Crippen molar-refractivity contribution in [3.63, 3.8) is 0 Å². The van der Waals surface area contributed by atoms with Crippen LogP contribution in [0.4, 0.5) is 4.79 Å². The molecule has 1 atom stereocenters. The van der Waals surface area contributed by atoms with E-state index >= 15 is 0 Å². The summed E-state index contributed by atoms with van der Waals surface area (Å²) in [5, 5.41) is 12.0. The molecule has 0 bridgehead atoms. The van der Waals surface area contributed by atoms with Crippen molar-refractivity contribution in [2.24, 2.45) is 5.92 Å². The summed E-state index contributed by atoms with van der Waals surface area (Å²) in [6.07, 6.45) is 6.03. The Hall–Kier alpha value is -1.30. The minimum Gasteiger partial charge on any atom is -0.479 e. The van der Waals surface area contributed by atoms with Gasteiger partial charge in [-0.2, -0.15) is 0 Å². The number of carboxylic acid groups (broad SMARTS) is 1. The zero-order valence-electron chi connectivity index (χ0n) is 12.7.